The third-order valence-electron chi connectivity index (χ3n) is 4.28. The molecule has 9 nitrogen and oxygen atoms in total. The Kier molecular flexibility index (Phi) is 6.46. The molecule has 0 unspecified atom stereocenters. The molecule has 2 aromatic heterocycles. The van der Waals surface area contributed by atoms with Crippen molar-refractivity contribution < 1.29 is 23.5 Å². The van der Waals surface area contributed by atoms with Crippen molar-refractivity contribution in [2.24, 2.45) is 0 Å². The van der Waals surface area contributed by atoms with Crippen molar-refractivity contribution in [1.29, 1.82) is 0 Å². The second-order valence-corrected chi connectivity index (χ2v) is 7.44. The van der Waals surface area contributed by atoms with Gasteiger partial charge in [-0.2, -0.15) is 0 Å². The lowest BCUT2D eigenvalue weighted by atomic mass is 10.00. The van der Waals surface area contributed by atoms with E-state index in [1.807, 2.05) is 6.07 Å². The van der Waals surface area contributed by atoms with Crippen molar-refractivity contribution in [3.05, 3.63) is 57.0 Å². The molecule has 0 atom stereocenters. The maximum absolute atomic E-state index is 13.0. The van der Waals surface area contributed by atoms with Gasteiger partial charge in [-0.15, -0.1) is 10.2 Å². The Bertz CT molecular complexity index is 1120. The van der Waals surface area contributed by atoms with Crippen molar-refractivity contribution in [2.45, 2.75) is 27.3 Å². The van der Waals surface area contributed by atoms with Gasteiger partial charge in [0.05, 0.1) is 6.54 Å². The van der Waals surface area contributed by atoms with E-state index in [1.165, 1.54) is 6.92 Å². The SMILES string of the molecule is CC(=O)OCC(=O)NCc1nnc(-c2[nH]c(C)c(C(=O)c3cccc(Br)c3)c2C)o1. The van der Waals surface area contributed by atoms with Gasteiger partial charge in [0.25, 0.3) is 11.8 Å². The van der Waals surface area contributed by atoms with Gasteiger partial charge >= 0.3 is 5.97 Å². The van der Waals surface area contributed by atoms with Crippen LogP contribution in [0.15, 0.2) is 33.2 Å². The van der Waals surface area contributed by atoms with E-state index in [2.05, 4.69) is 41.2 Å². The van der Waals surface area contributed by atoms with Crippen LogP contribution < -0.4 is 5.32 Å². The number of ether oxygens (including phenoxy) is 1. The number of rotatable bonds is 7. The Morgan fingerprint density at radius 2 is 2.00 bits per heavy atom. The van der Waals surface area contributed by atoms with Crippen LogP contribution in [0.3, 0.4) is 0 Å². The van der Waals surface area contributed by atoms with Crippen molar-refractivity contribution in [2.75, 3.05) is 6.61 Å². The molecule has 1 amide bonds. The Morgan fingerprint density at radius 1 is 1.23 bits per heavy atom. The van der Waals surface area contributed by atoms with Crippen molar-refractivity contribution >= 4 is 33.6 Å². The van der Waals surface area contributed by atoms with Crippen LogP contribution in [0.25, 0.3) is 11.6 Å². The molecule has 0 bridgehead atoms. The predicted molar refractivity (Wildman–Crippen MR) is 110 cm³/mol. The number of aryl methyl sites for hydroxylation is 1. The number of carbonyl (C=O) groups excluding carboxylic acids is 3. The number of aromatic amines is 1. The second kappa shape index (κ2) is 9.04. The Morgan fingerprint density at radius 3 is 2.70 bits per heavy atom. The number of esters is 1. The number of ketones is 1. The molecule has 156 valence electrons. The minimum absolute atomic E-state index is 0.0182. The minimum atomic E-state index is -0.545. The molecule has 30 heavy (non-hydrogen) atoms. The molecule has 3 aromatic rings. The fourth-order valence-electron chi connectivity index (χ4n) is 2.90. The van der Waals surface area contributed by atoms with Gasteiger partial charge in [0, 0.05) is 28.2 Å². The summed E-state index contributed by atoms with van der Waals surface area (Å²) in [4.78, 5) is 38.5. The second-order valence-electron chi connectivity index (χ2n) is 6.52. The van der Waals surface area contributed by atoms with Gasteiger partial charge in [0.2, 0.25) is 5.89 Å². The molecule has 0 spiro atoms. The van der Waals surface area contributed by atoms with Crippen molar-refractivity contribution in [3.8, 4) is 11.6 Å². The number of amides is 1. The van der Waals surface area contributed by atoms with E-state index in [0.29, 0.717) is 28.1 Å². The highest BCUT2D eigenvalue weighted by molar-refractivity contribution is 9.10. The average Bonchev–Trinajstić information content (AvgIpc) is 3.28. The fraction of sp³-hybridized carbons (Fsp3) is 0.250. The lowest BCUT2D eigenvalue weighted by Gasteiger charge is -2.03. The maximum Gasteiger partial charge on any atom is 0.303 e. The number of nitrogens with one attached hydrogen (secondary N) is 2. The number of benzene rings is 1. The minimum Gasteiger partial charge on any atom is -0.456 e. The van der Waals surface area contributed by atoms with E-state index in [4.69, 9.17) is 4.42 Å². The first-order chi connectivity index (χ1) is 14.3. The molecule has 0 saturated carbocycles. The maximum atomic E-state index is 13.0. The van der Waals surface area contributed by atoms with E-state index in [-0.39, 0.29) is 30.7 Å². The van der Waals surface area contributed by atoms with Crippen LogP contribution in [0.5, 0.6) is 0 Å². The molecule has 0 saturated heterocycles. The van der Waals surface area contributed by atoms with E-state index < -0.39 is 11.9 Å². The normalized spacial score (nSPS) is 10.7. The summed E-state index contributed by atoms with van der Waals surface area (Å²) in [7, 11) is 0. The molecule has 2 heterocycles. The Labute approximate surface area is 180 Å². The van der Waals surface area contributed by atoms with E-state index in [9.17, 15) is 14.4 Å². The number of hydrogen-bond donors (Lipinski definition) is 2. The summed E-state index contributed by atoms with van der Waals surface area (Å²) in [5.74, 6) is -0.776. The topological polar surface area (TPSA) is 127 Å². The van der Waals surface area contributed by atoms with Crippen molar-refractivity contribution in [1.82, 2.24) is 20.5 Å². The lowest BCUT2D eigenvalue weighted by molar-refractivity contribution is -0.146. The highest BCUT2D eigenvalue weighted by Crippen LogP contribution is 2.29. The van der Waals surface area contributed by atoms with Gasteiger partial charge in [-0.25, -0.2) is 0 Å². The van der Waals surface area contributed by atoms with Crippen LogP contribution in [-0.2, 0) is 20.9 Å². The van der Waals surface area contributed by atoms with Gasteiger partial charge < -0.3 is 19.5 Å². The largest absolute Gasteiger partial charge is 0.456 e. The zero-order chi connectivity index (χ0) is 21.8. The summed E-state index contributed by atoms with van der Waals surface area (Å²) in [6.07, 6.45) is 0. The number of hydrogen-bond acceptors (Lipinski definition) is 7. The van der Waals surface area contributed by atoms with Gasteiger partial charge in [-0.1, -0.05) is 28.1 Å². The van der Waals surface area contributed by atoms with Crippen LogP contribution in [-0.4, -0.2) is 39.4 Å². The third kappa shape index (κ3) is 4.82. The van der Waals surface area contributed by atoms with Crippen LogP contribution in [0, 0.1) is 13.8 Å². The predicted octanol–water partition coefficient (Wildman–Crippen LogP) is 2.85. The molecule has 0 aliphatic carbocycles. The van der Waals surface area contributed by atoms with Gasteiger partial charge in [0.15, 0.2) is 12.4 Å². The molecule has 0 aliphatic heterocycles. The Hall–Kier alpha value is -3.27. The summed E-state index contributed by atoms with van der Waals surface area (Å²) < 4.78 is 11.0. The van der Waals surface area contributed by atoms with Crippen LogP contribution in [0.1, 0.15) is 40.0 Å². The van der Waals surface area contributed by atoms with Gasteiger partial charge in [0.1, 0.15) is 5.69 Å². The summed E-state index contributed by atoms with van der Waals surface area (Å²) in [6.45, 7) is 4.42. The number of halogens is 1. The first-order valence-electron chi connectivity index (χ1n) is 8.98. The van der Waals surface area contributed by atoms with Crippen molar-refractivity contribution in [3.63, 3.8) is 0 Å². The summed E-state index contributed by atoms with van der Waals surface area (Å²) in [5.41, 5.74) is 3.00. The lowest BCUT2D eigenvalue weighted by Crippen LogP contribution is -2.28. The third-order valence-corrected chi connectivity index (χ3v) is 4.77. The molecular weight excluding hydrogens is 456 g/mol. The zero-order valence-corrected chi connectivity index (χ0v) is 18.1. The fourth-order valence-corrected chi connectivity index (χ4v) is 3.30. The highest BCUT2D eigenvalue weighted by atomic mass is 79.9. The molecule has 3 rings (SSSR count). The number of aromatic nitrogens is 3. The summed E-state index contributed by atoms with van der Waals surface area (Å²) in [5, 5.41) is 10.4. The molecule has 0 fully saturated rings. The van der Waals surface area contributed by atoms with Gasteiger partial charge in [-0.3, -0.25) is 14.4 Å². The monoisotopic (exact) mass is 474 g/mol. The number of H-pyrrole nitrogens is 1. The van der Waals surface area contributed by atoms with Crippen LogP contribution >= 0.6 is 15.9 Å². The standard InChI is InChI=1S/C20H19BrN4O5/c1-10-17(19(28)13-5-4-6-14(21)7-13)11(2)23-18(10)20-25-24-16(30-20)8-22-15(27)9-29-12(3)26/h4-7,23H,8-9H2,1-3H3,(H,22,27). The van der Waals surface area contributed by atoms with Crippen LogP contribution in [0.2, 0.25) is 0 Å². The first-order valence-corrected chi connectivity index (χ1v) is 9.77. The Balaban J connectivity index is 1.76. The first kappa shape index (κ1) is 21.4. The zero-order valence-electron chi connectivity index (χ0n) is 16.5. The smallest absolute Gasteiger partial charge is 0.303 e. The van der Waals surface area contributed by atoms with E-state index >= 15 is 0 Å². The molecule has 0 radical (unpaired) electrons. The highest BCUT2D eigenvalue weighted by Gasteiger charge is 2.23. The van der Waals surface area contributed by atoms with E-state index in [1.54, 1.807) is 32.0 Å². The summed E-state index contributed by atoms with van der Waals surface area (Å²) >= 11 is 3.38. The number of nitrogens with zero attached hydrogens (tertiary/aromatic N) is 2. The molecular formula is C20H19BrN4O5. The molecule has 10 heteroatoms. The van der Waals surface area contributed by atoms with Gasteiger partial charge in [-0.05, 0) is 31.5 Å². The van der Waals surface area contributed by atoms with E-state index in [0.717, 1.165) is 4.47 Å². The molecule has 1 aromatic carbocycles. The average molecular weight is 475 g/mol. The molecule has 0 aliphatic rings. The number of carbonyl (C=O) groups is 3. The van der Waals surface area contributed by atoms with Crippen LogP contribution in [0.4, 0.5) is 0 Å². The molecule has 2 N–H and O–H groups in total. The quantitative estimate of drug-likeness (QED) is 0.397. The summed E-state index contributed by atoms with van der Waals surface area (Å²) in [6, 6.07) is 7.17.